The van der Waals surface area contributed by atoms with Crippen molar-refractivity contribution in [2.75, 3.05) is 5.32 Å². The van der Waals surface area contributed by atoms with E-state index in [1.54, 1.807) is 38.2 Å². The van der Waals surface area contributed by atoms with Gasteiger partial charge in [-0.05, 0) is 66.2 Å². The Bertz CT molecular complexity index is 1210. The lowest BCUT2D eigenvalue weighted by Crippen LogP contribution is -2.42. The molecule has 0 aliphatic carbocycles. The van der Waals surface area contributed by atoms with Gasteiger partial charge in [0.1, 0.15) is 11.3 Å². The van der Waals surface area contributed by atoms with Crippen molar-refractivity contribution >= 4 is 59.9 Å². The van der Waals surface area contributed by atoms with Gasteiger partial charge in [-0.2, -0.15) is 0 Å². The molecule has 0 amide bonds. The SMILES string of the molecule is CC1(C)Oc2ccc3ccc(=O)oc3c2C(=CNc2ccc(Br)cc2Br)C1=O. The number of ether oxygens (including phenoxy) is 1. The van der Waals surface area contributed by atoms with Crippen molar-refractivity contribution in [1.29, 1.82) is 0 Å². The molecule has 0 fully saturated rings. The summed E-state index contributed by atoms with van der Waals surface area (Å²) in [6.07, 6.45) is 1.63. The number of fused-ring (bicyclic) bond motifs is 3. The second-order valence-electron chi connectivity index (χ2n) is 6.88. The number of nitrogens with one attached hydrogen (secondary N) is 1. The lowest BCUT2D eigenvalue weighted by Gasteiger charge is -2.32. The molecule has 142 valence electrons. The molecule has 0 saturated heterocycles. The van der Waals surface area contributed by atoms with Gasteiger partial charge in [-0.3, -0.25) is 4.79 Å². The fraction of sp³-hybridized carbons (Fsp3) is 0.143. The zero-order valence-electron chi connectivity index (χ0n) is 15.0. The number of anilines is 1. The summed E-state index contributed by atoms with van der Waals surface area (Å²) in [6, 6.07) is 12.3. The summed E-state index contributed by atoms with van der Waals surface area (Å²) in [5.74, 6) is 0.286. The summed E-state index contributed by atoms with van der Waals surface area (Å²) in [5.41, 5.74) is 0.454. The highest BCUT2D eigenvalue weighted by atomic mass is 79.9. The molecule has 1 aromatic heterocycles. The van der Waals surface area contributed by atoms with Crippen LogP contribution in [-0.2, 0) is 4.79 Å². The van der Waals surface area contributed by atoms with Crippen LogP contribution in [0.2, 0.25) is 0 Å². The van der Waals surface area contributed by atoms with E-state index in [1.807, 2.05) is 18.2 Å². The van der Waals surface area contributed by atoms with Crippen LogP contribution in [0.15, 0.2) is 66.8 Å². The van der Waals surface area contributed by atoms with Crippen LogP contribution < -0.4 is 15.7 Å². The number of carbonyl (C=O) groups excluding carboxylic acids is 1. The number of hydrogen-bond donors (Lipinski definition) is 1. The van der Waals surface area contributed by atoms with Crippen molar-refractivity contribution in [3.05, 3.63) is 73.6 Å². The van der Waals surface area contributed by atoms with Crippen LogP contribution in [0.4, 0.5) is 5.69 Å². The second-order valence-corrected chi connectivity index (χ2v) is 8.65. The molecule has 0 unspecified atom stereocenters. The lowest BCUT2D eigenvalue weighted by molar-refractivity contribution is -0.126. The second kappa shape index (κ2) is 6.90. The van der Waals surface area contributed by atoms with E-state index in [0.717, 1.165) is 14.6 Å². The monoisotopic (exact) mass is 503 g/mol. The fourth-order valence-electron chi connectivity index (χ4n) is 3.11. The molecule has 4 rings (SSSR count). The third-order valence-electron chi connectivity index (χ3n) is 4.48. The summed E-state index contributed by atoms with van der Waals surface area (Å²) >= 11 is 6.92. The van der Waals surface area contributed by atoms with Gasteiger partial charge in [0, 0.05) is 26.6 Å². The predicted octanol–water partition coefficient (Wildman–Crippen LogP) is 5.51. The first-order valence-corrected chi connectivity index (χ1v) is 10.1. The number of hydrogen-bond acceptors (Lipinski definition) is 5. The Labute approximate surface area is 177 Å². The van der Waals surface area contributed by atoms with Crippen LogP contribution in [0.3, 0.4) is 0 Å². The number of carbonyl (C=O) groups is 1. The Kier molecular flexibility index (Phi) is 4.67. The molecule has 7 heteroatoms. The summed E-state index contributed by atoms with van der Waals surface area (Å²) in [6.45, 7) is 3.43. The molecule has 3 aromatic rings. The topological polar surface area (TPSA) is 68.5 Å². The van der Waals surface area contributed by atoms with Gasteiger partial charge in [0.25, 0.3) is 0 Å². The van der Waals surface area contributed by atoms with Crippen molar-refractivity contribution in [3.63, 3.8) is 0 Å². The van der Waals surface area contributed by atoms with E-state index in [9.17, 15) is 9.59 Å². The molecule has 1 aliphatic heterocycles. The van der Waals surface area contributed by atoms with Crippen LogP contribution in [0.1, 0.15) is 19.4 Å². The van der Waals surface area contributed by atoms with Gasteiger partial charge < -0.3 is 14.5 Å². The molecule has 1 N–H and O–H groups in total. The summed E-state index contributed by atoms with van der Waals surface area (Å²) in [4.78, 5) is 24.9. The maximum Gasteiger partial charge on any atom is 0.336 e. The quantitative estimate of drug-likeness (QED) is 0.368. The van der Waals surface area contributed by atoms with Crippen LogP contribution >= 0.6 is 31.9 Å². The number of benzene rings is 2. The fourth-order valence-corrected chi connectivity index (χ4v) is 4.27. The van der Waals surface area contributed by atoms with E-state index < -0.39 is 11.2 Å². The summed E-state index contributed by atoms with van der Waals surface area (Å²) in [7, 11) is 0. The van der Waals surface area contributed by atoms with Gasteiger partial charge in [0.05, 0.1) is 16.8 Å². The molecular weight excluding hydrogens is 490 g/mol. The third kappa shape index (κ3) is 3.29. The molecule has 5 nitrogen and oxygen atoms in total. The highest BCUT2D eigenvalue weighted by molar-refractivity contribution is 9.11. The van der Waals surface area contributed by atoms with Crippen LogP contribution in [-0.4, -0.2) is 11.4 Å². The standard InChI is InChI=1S/C21H15Br2NO4/c1-21(2)20(26)13(10-24-15-6-5-12(22)9-14(15)23)18-16(28-21)7-3-11-4-8-17(25)27-19(11)18/h3-10,24H,1-2H3. The molecule has 0 atom stereocenters. The number of ketones is 1. The van der Waals surface area contributed by atoms with Gasteiger partial charge in [-0.15, -0.1) is 0 Å². The third-order valence-corrected chi connectivity index (χ3v) is 5.63. The number of halogens is 2. The average molecular weight is 505 g/mol. The Morgan fingerprint density at radius 2 is 1.79 bits per heavy atom. The minimum absolute atomic E-state index is 0.209. The number of rotatable bonds is 2. The van der Waals surface area contributed by atoms with Crippen molar-refractivity contribution in [3.8, 4) is 5.75 Å². The van der Waals surface area contributed by atoms with E-state index in [0.29, 0.717) is 27.9 Å². The van der Waals surface area contributed by atoms with Crippen molar-refractivity contribution in [1.82, 2.24) is 0 Å². The molecule has 2 aromatic carbocycles. The minimum Gasteiger partial charge on any atom is -0.479 e. The molecule has 1 aliphatic rings. The first kappa shape index (κ1) is 19.0. The molecule has 28 heavy (non-hydrogen) atoms. The number of Topliss-reactive ketones (excluding diaryl/α,β-unsaturated/α-hetero) is 1. The van der Waals surface area contributed by atoms with Crippen LogP contribution in [0.5, 0.6) is 5.75 Å². The van der Waals surface area contributed by atoms with Gasteiger partial charge in [0.2, 0.25) is 5.78 Å². The maximum absolute atomic E-state index is 13.1. The van der Waals surface area contributed by atoms with Crippen LogP contribution in [0, 0.1) is 0 Å². The Hall–Kier alpha value is -2.38. The summed E-state index contributed by atoms with van der Waals surface area (Å²) in [5, 5.41) is 3.89. The summed E-state index contributed by atoms with van der Waals surface area (Å²) < 4.78 is 13.1. The maximum atomic E-state index is 13.1. The highest BCUT2D eigenvalue weighted by Gasteiger charge is 2.40. The van der Waals surface area contributed by atoms with Gasteiger partial charge in [0.15, 0.2) is 5.60 Å². The Morgan fingerprint density at radius 3 is 2.54 bits per heavy atom. The molecule has 0 radical (unpaired) electrons. The molecular formula is C21H15Br2NO4. The van der Waals surface area contributed by atoms with E-state index in [4.69, 9.17) is 9.15 Å². The molecule has 0 saturated carbocycles. The van der Waals surface area contributed by atoms with Crippen molar-refractivity contribution < 1.29 is 13.9 Å². The van der Waals surface area contributed by atoms with Gasteiger partial charge in [-0.25, -0.2) is 4.79 Å². The smallest absolute Gasteiger partial charge is 0.336 e. The Morgan fingerprint density at radius 1 is 1.04 bits per heavy atom. The first-order valence-electron chi connectivity index (χ1n) is 8.49. The van der Waals surface area contributed by atoms with E-state index in [-0.39, 0.29) is 5.78 Å². The zero-order valence-corrected chi connectivity index (χ0v) is 18.2. The minimum atomic E-state index is -1.04. The largest absolute Gasteiger partial charge is 0.479 e. The van der Waals surface area contributed by atoms with Crippen molar-refractivity contribution in [2.45, 2.75) is 19.4 Å². The van der Waals surface area contributed by atoms with Crippen molar-refractivity contribution in [2.24, 2.45) is 0 Å². The van der Waals surface area contributed by atoms with E-state index >= 15 is 0 Å². The predicted molar refractivity (Wildman–Crippen MR) is 116 cm³/mol. The Balaban J connectivity index is 1.92. The zero-order chi connectivity index (χ0) is 20.1. The van der Waals surface area contributed by atoms with E-state index in [2.05, 4.69) is 37.2 Å². The van der Waals surface area contributed by atoms with E-state index in [1.165, 1.54) is 6.07 Å². The highest BCUT2D eigenvalue weighted by Crippen LogP contribution is 2.42. The lowest BCUT2D eigenvalue weighted by atomic mass is 9.87. The van der Waals surface area contributed by atoms with Crippen LogP contribution in [0.25, 0.3) is 16.5 Å². The molecule has 0 spiro atoms. The first-order chi connectivity index (χ1) is 13.3. The molecule has 0 bridgehead atoms. The van der Waals surface area contributed by atoms with Gasteiger partial charge >= 0.3 is 5.63 Å². The normalized spacial score (nSPS) is 16.7. The van der Waals surface area contributed by atoms with Gasteiger partial charge in [-0.1, -0.05) is 15.9 Å². The molecule has 2 heterocycles. The average Bonchev–Trinajstić information content (AvgIpc) is 2.63.